The molecule has 0 amide bonds. The molecule has 2 N–H and O–H groups in total. The van der Waals surface area contributed by atoms with Gasteiger partial charge in [0.15, 0.2) is 0 Å². The molecule has 1 aliphatic rings. The predicted molar refractivity (Wildman–Crippen MR) is 66.8 cm³/mol. The lowest BCUT2D eigenvalue weighted by Crippen LogP contribution is -1.99. The number of H-pyrrole nitrogens is 2. The zero-order valence-corrected chi connectivity index (χ0v) is 9.14. The summed E-state index contributed by atoms with van der Waals surface area (Å²) < 4.78 is 0. The Morgan fingerprint density at radius 1 is 1.00 bits per heavy atom. The molecule has 3 aromatic rings. The molecule has 0 spiro atoms. The van der Waals surface area contributed by atoms with E-state index >= 15 is 0 Å². The van der Waals surface area contributed by atoms with Gasteiger partial charge in [-0.1, -0.05) is 0 Å². The summed E-state index contributed by atoms with van der Waals surface area (Å²) in [6.45, 7) is 0. The van der Waals surface area contributed by atoms with E-state index in [0.717, 1.165) is 0 Å². The monoisotopic (exact) mass is 210 g/mol. The van der Waals surface area contributed by atoms with Crippen molar-refractivity contribution in [3.8, 4) is 0 Å². The summed E-state index contributed by atoms with van der Waals surface area (Å²) in [4.78, 5) is 6.88. The molecular formula is C14H14N2. The molecule has 2 heterocycles. The molecule has 0 bridgehead atoms. The maximum Gasteiger partial charge on any atom is 0.0466 e. The van der Waals surface area contributed by atoms with Crippen LogP contribution < -0.4 is 0 Å². The van der Waals surface area contributed by atoms with Crippen LogP contribution >= 0.6 is 0 Å². The molecule has 4 rings (SSSR count). The molecule has 0 unspecified atom stereocenters. The number of aryl methyl sites for hydroxylation is 2. The number of aromatic nitrogens is 2. The van der Waals surface area contributed by atoms with Gasteiger partial charge in [-0.15, -0.1) is 0 Å². The molecule has 0 saturated heterocycles. The van der Waals surface area contributed by atoms with E-state index in [1.165, 1.54) is 53.2 Å². The fourth-order valence-electron chi connectivity index (χ4n) is 2.96. The van der Waals surface area contributed by atoms with Gasteiger partial charge in [0.05, 0.1) is 0 Å². The smallest absolute Gasteiger partial charge is 0.0466 e. The van der Waals surface area contributed by atoms with Crippen molar-refractivity contribution in [2.24, 2.45) is 0 Å². The first-order valence-electron chi connectivity index (χ1n) is 6.02. The summed E-state index contributed by atoms with van der Waals surface area (Å²) in [5.74, 6) is 0. The number of aromatic amines is 2. The highest BCUT2D eigenvalue weighted by atomic mass is 14.7. The zero-order chi connectivity index (χ0) is 10.5. The molecule has 0 radical (unpaired) electrons. The third kappa shape index (κ3) is 1.02. The second-order valence-electron chi connectivity index (χ2n) is 4.75. The van der Waals surface area contributed by atoms with E-state index in [2.05, 4.69) is 28.2 Å². The van der Waals surface area contributed by atoms with E-state index in [1.54, 1.807) is 5.56 Å². The third-order valence-electron chi connectivity index (χ3n) is 3.77. The fraction of sp³-hybridized carbons (Fsp3) is 0.286. The van der Waals surface area contributed by atoms with Crippen LogP contribution in [0.25, 0.3) is 21.8 Å². The number of nitrogens with one attached hydrogen (secondary N) is 2. The van der Waals surface area contributed by atoms with Crippen LogP contribution in [-0.2, 0) is 12.8 Å². The van der Waals surface area contributed by atoms with Crippen LogP contribution in [0.3, 0.4) is 0 Å². The lowest BCUT2D eigenvalue weighted by atomic mass is 9.95. The van der Waals surface area contributed by atoms with E-state index < -0.39 is 0 Å². The Morgan fingerprint density at radius 3 is 2.94 bits per heavy atom. The summed E-state index contributed by atoms with van der Waals surface area (Å²) in [7, 11) is 0. The van der Waals surface area contributed by atoms with E-state index in [-0.39, 0.29) is 0 Å². The molecule has 2 aromatic heterocycles. The quantitative estimate of drug-likeness (QED) is 0.569. The van der Waals surface area contributed by atoms with Crippen molar-refractivity contribution in [2.45, 2.75) is 25.7 Å². The number of benzene rings is 1. The van der Waals surface area contributed by atoms with Crippen LogP contribution in [0.1, 0.15) is 24.1 Å². The highest BCUT2D eigenvalue weighted by Gasteiger charge is 2.15. The van der Waals surface area contributed by atoms with Crippen molar-refractivity contribution in [2.75, 3.05) is 0 Å². The second-order valence-corrected chi connectivity index (χ2v) is 4.75. The number of hydrogen-bond acceptors (Lipinski definition) is 0. The normalized spacial score (nSPS) is 15.8. The van der Waals surface area contributed by atoms with Gasteiger partial charge in [-0.05, 0) is 49.4 Å². The average molecular weight is 210 g/mol. The topological polar surface area (TPSA) is 31.6 Å². The largest absolute Gasteiger partial charge is 0.361 e. The number of rotatable bonds is 0. The first kappa shape index (κ1) is 8.45. The van der Waals surface area contributed by atoms with Crippen LogP contribution in [0, 0.1) is 0 Å². The standard InChI is InChI=1S/C14H14N2/c1-2-4-12-10(3-1)11-8-13-9(5-6-15-13)7-14(11)16-12/h5-8,15-16H,1-4H2. The summed E-state index contributed by atoms with van der Waals surface area (Å²) >= 11 is 0. The Kier molecular flexibility index (Phi) is 1.54. The highest BCUT2D eigenvalue weighted by molar-refractivity contribution is 5.97. The summed E-state index contributed by atoms with van der Waals surface area (Å²) in [5, 5.41) is 2.72. The van der Waals surface area contributed by atoms with Gasteiger partial charge in [-0.3, -0.25) is 0 Å². The van der Waals surface area contributed by atoms with Gasteiger partial charge in [-0.2, -0.15) is 0 Å². The van der Waals surface area contributed by atoms with Crippen molar-refractivity contribution in [3.05, 3.63) is 35.7 Å². The Morgan fingerprint density at radius 2 is 1.94 bits per heavy atom. The molecule has 1 aromatic carbocycles. The Bertz CT molecular complexity index is 672. The number of hydrogen-bond donors (Lipinski definition) is 2. The first-order chi connectivity index (χ1) is 7.92. The molecule has 0 saturated carbocycles. The van der Waals surface area contributed by atoms with Gasteiger partial charge >= 0.3 is 0 Å². The summed E-state index contributed by atoms with van der Waals surface area (Å²) in [5.41, 5.74) is 5.57. The van der Waals surface area contributed by atoms with Crippen molar-refractivity contribution >= 4 is 21.8 Å². The molecule has 0 atom stereocenters. The SMILES string of the molecule is c1cc2cc3[nH]c4c(c3cc2[nH]1)CCCC4. The van der Waals surface area contributed by atoms with Crippen LogP contribution in [0.2, 0.25) is 0 Å². The molecule has 1 aliphatic carbocycles. The molecule has 80 valence electrons. The second kappa shape index (κ2) is 2.91. The van der Waals surface area contributed by atoms with Crippen molar-refractivity contribution in [1.29, 1.82) is 0 Å². The summed E-state index contributed by atoms with van der Waals surface area (Å²) in [6.07, 6.45) is 7.13. The maximum atomic E-state index is 3.58. The molecule has 0 aliphatic heterocycles. The molecular weight excluding hydrogens is 196 g/mol. The maximum absolute atomic E-state index is 3.58. The highest BCUT2D eigenvalue weighted by Crippen LogP contribution is 2.31. The average Bonchev–Trinajstić information content (AvgIpc) is 2.88. The van der Waals surface area contributed by atoms with Gasteiger partial charge in [-0.25, -0.2) is 0 Å². The van der Waals surface area contributed by atoms with E-state index in [0.29, 0.717) is 0 Å². The van der Waals surface area contributed by atoms with Crippen LogP contribution in [0.5, 0.6) is 0 Å². The molecule has 2 nitrogen and oxygen atoms in total. The minimum Gasteiger partial charge on any atom is -0.361 e. The number of fused-ring (bicyclic) bond motifs is 4. The van der Waals surface area contributed by atoms with Gasteiger partial charge in [0.25, 0.3) is 0 Å². The minimum atomic E-state index is 1.22. The molecule has 16 heavy (non-hydrogen) atoms. The minimum absolute atomic E-state index is 1.22. The molecule has 0 fully saturated rings. The Hall–Kier alpha value is -1.70. The predicted octanol–water partition coefficient (Wildman–Crippen LogP) is 3.53. The first-order valence-corrected chi connectivity index (χ1v) is 6.02. The van der Waals surface area contributed by atoms with Gasteiger partial charge in [0.2, 0.25) is 0 Å². The Balaban J connectivity index is 2.13. The van der Waals surface area contributed by atoms with Crippen molar-refractivity contribution in [1.82, 2.24) is 9.97 Å². The lowest BCUT2D eigenvalue weighted by molar-refractivity contribution is 0.680. The lowest BCUT2D eigenvalue weighted by Gasteiger charge is -2.10. The Labute approximate surface area is 93.7 Å². The van der Waals surface area contributed by atoms with Gasteiger partial charge < -0.3 is 9.97 Å². The molecule has 2 heteroatoms. The summed E-state index contributed by atoms with van der Waals surface area (Å²) in [6, 6.07) is 6.69. The van der Waals surface area contributed by atoms with Gasteiger partial charge in [0.1, 0.15) is 0 Å². The van der Waals surface area contributed by atoms with E-state index in [9.17, 15) is 0 Å². The van der Waals surface area contributed by atoms with Crippen LogP contribution in [-0.4, -0.2) is 9.97 Å². The van der Waals surface area contributed by atoms with Crippen LogP contribution in [0.4, 0.5) is 0 Å². The van der Waals surface area contributed by atoms with Crippen molar-refractivity contribution < 1.29 is 0 Å². The van der Waals surface area contributed by atoms with E-state index in [4.69, 9.17) is 0 Å². The third-order valence-corrected chi connectivity index (χ3v) is 3.77. The van der Waals surface area contributed by atoms with Gasteiger partial charge in [0, 0.05) is 33.7 Å². The zero-order valence-electron chi connectivity index (χ0n) is 9.14. The van der Waals surface area contributed by atoms with E-state index in [1.807, 2.05) is 6.20 Å². The van der Waals surface area contributed by atoms with Crippen LogP contribution in [0.15, 0.2) is 24.4 Å². The van der Waals surface area contributed by atoms with Crippen molar-refractivity contribution in [3.63, 3.8) is 0 Å². The fourth-order valence-corrected chi connectivity index (χ4v) is 2.96.